The Kier molecular flexibility index (Phi) is 3.87. The first-order valence-corrected chi connectivity index (χ1v) is 6.78. The van der Waals surface area contributed by atoms with Gasteiger partial charge in [0.25, 0.3) is 0 Å². The van der Waals surface area contributed by atoms with Gasteiger partial charge in [-0.05, 0) is 24.5 Å². The maximum Gasteiger partial charge on any atom is 0.0423 e. The van der Waals surface area contributed by atoms with E-state index in [-0.39, 0.29) is 0 Å². The lowest BCUT2D eigenvalue weighted by atomic mass is 10.1. The predicted molar refractivity (Wildman–Crippen MR) is 72.6 cm³/mol. The molecule has 2 N–H and O–H groups in total. The zero-order valence-electron chi connectivity index (χ0n) is 9.75. The molecule has 16 heavy (non-hydrogen) atoms. The normalized spacial score (nSPS) is 20.4. The summed E-state index contributed by atoms with van der Waals surface area (Å²) in [6.07, 6.45) is 2.59. The Bertz CT molecular complexity index is 365. The van der Waals surface area contributed by atoms with Crippen molar-refractivity contribution in [3.63, 3.8) is 0 Å². The van der Waals surface area contributed by atoms with Crippen LogP contribution >= 0.6 is 15.9 Å². The van der Waals surface area contributed by atoms with Gasteiger partial charge in [0.1, 0.15) is 0 Å². The molecule has 1 fully saturated rings. The van der Waals surface area contributed by atoms with E-state index in [4.69, 9.17) is 5.73 Å². The van der Waals surface area contributed by atoms with Gasteiger partial charge in [-0.3, -0.25) is 0 Å². The summed E-state index contributed by atoms with van der Waals surface area (Å²) in [5.74, 6) is 0.851. The van der Waals surface area contributed by atoms with Crippen LogP contribution in [0.3, 0.4) is 0 Å². The Morgan fingerprint density at radius 1 is 1.50 bits per heavy atom. The highest BCUT2D eigenvalue weighted by molar-refractivity contribution is 9.10. The number of hydrogen-bond donors (Lipinski definition) is 1. The maximum absolute atomic E-state index is 5.83. The molecule has 2 rings (SSSR count). The lowest BCUT2D eigenvalue weighted by Crippen LogP contribution is -2.21. The van der Waals surface area contributed by atoms with Crippen molar-refractivity contribution < 1.29 is 0 Å². The molecule has 2 nitrogen and oxygen atoms in total. The van der Waals surface area contributed by atoms with Crippen LogP contribution in [0, 0.1) is 5.92 Å². The second-order valence-corrected chi connectivity index (χ2v) is 5.30. The summed E-state index contributed by atoms with van der Waals surface area (Å²) in [4.78, 5) is 2.47. The van der Waals surface area contributed by atoms with E-state index in [0.717, 1.165) is 10.4 Å². The number of rotatable bonds is 3. The fourth-order valence-corrected chi connectivity index (χ4v) is 2.95. The summed E-state index contributed by atoms with van der Waals surface area (Å²) >= 11 is 3.58. The molecule has 0 radical (unpaired) electrons. The SMILES string of the molecule is CCC1CCN(c2cccc(Br)c2CN)C1. The van der Waals surface area contributed by atoms with Crippen LogP contribution in [0.4, 0.5) is 5.69 Å². The molecule has 1 aromatic carbocycles. The average molecular weight is 283 g/mol. The third kappa shape index (κ3) is 2.25. The van der Waals surface area contributed by atoms with Crippen molar-refractivity contribution in [2.75, 3.05) is 18.0 Å². The minimum Gasteiger partial charge on any atom is -0.371 e. The van der Waals surface area contributed by atoms with Gasteiger partial charge < -0.3 is 10.6 Å². The van der Waals surface area contributed by atoms with E-state index in [1.807, 2.05) is 0 Å². The summed E-state index contributed by atoms with van der Waals surface area (Å²) in [6.45, 7) is 5.23. The Morgan fingerprint density at radius 2 is 2.31 bits per heavy atom. The van der Waals surface area contributed by atoms with Gasteiger partial charge in [-0.15, -0.1) is 0 Å². The van der Waals surface area contributed by atoms with Crippen molar-refractivity contribution in [3.8, 4) is 0 Å². The lowest BCUT2D eigenvalue weighted by Gasteiger charge is -2.22. The van der Waals surface area contributed by atoms with Crippen molar-refractivity contribution in [2.45, 2.75) is 26.3 Å². The fraction of sp³-hybridized carbons (Fsp3) is 0.538. The predicted octanol–water partition coefficient (Wildman–Crippen LogP) is 3.14. The topological polar surface area (TPSA) is 29.3 Å². The Balaban J connectivity index is 2.24. The molecule has 88 valence electrons. The first-order chi connectivity index (χ1) is 7.76. The van der Waals surface area contributed by atoms with E-state index >= 15 is 0 Å². The van der Waals surface area contributed by atoms with E-state index in [0.29, 0.717) is 6.54 Å². The number of halogens is 1. The van der Waals surface area contributed by atoms with E-state index in [1.165, 1.54) is 37.2 Å². The standard InChI is InChI=1S/C13H19BrN2/c1-2-10-6-7-16(9-10)13-5-3-4-12(14)11(13)8-15/h3-5,10H,2,6-9,15H2,1H3. The molecular weight excluding hydrogens is 264 g/mol. The van der Waals surface area contributed by atoms with Gasteiger partial charge in [0, 0.05) is 35.4 Å². The van der Waals surface area contributed by atoms with Crippen LogP contribution in [-0.2, 0) is 6.54 Å². The Hall–Kier alpha value is -0.540. The molecule has 1 aliphatic rings. The van der Waals surface area contributed by atoms with Crippen molar-refractivity contribution >= 4 is 21.6 Å². The minimum absolute atomic E-state index is 0.601. The van der Waals surface area contributed by atoms with Crippen LogP contribution in [0.5, 0.6) is 0 Å². The van der Waals surface area contributed by atoms with Crippen molar-refractivity contribution in [1.29, 1.82) is 0 Å². The smallest absolute Gasteiger partial charge is 0.0423 e. The molecule has 1 atom stereocenters. The highest BCUT2D eigenvalue weighted by atomic mass is 79.9. The molecule has 3 heteroatoms. The minimum atomic E-state index is 0.601. The van der Waals surface area contributed by atoms with Gasteiger partial charge in [-0.2, -0.15) is 0 Å². The summed E-state index contributed by atoms with van der Waals surface area (Å²) < 4.78 is 1.13. The van der Waals surface area contributed by atoms with Crippen molar-refractivity contribution in [3.05, 3.63) is 28.2 Å². The third-order valence-corrected chi connectivity index (χ3v) is 4.25. The van der Waals surface area contributed by atoms with Crippen LogP contribution in [0.25, 0.3) is 0 Å². The zero-order chi connectivity index (χ0) is 11.5. The van der Waals surface area contributed by atoms with Gasteiger partial charge in [-0.1, -0.05) is 35.3 Å². The number of benzene rings is 1. The van der Waals surface area contributed by atoms with Crippen LogP contribution < -0.4 is 10.6 Å². The molecule has 1 unspecified atom stereocenters. The molecule has 0 bridgehead atoms. The van der Waals surface area contributed by atoms with Crippen LogP contribution in [-0.4, -0.2) is 13.1 Å². The van der Waals surface area contributed by atoms with Crippen LogP contribution in [0.1, 0.15) is 25.3 Å². The lowest BCUT2D eigenvalue weighted by molar-refractivity contribution is 0.569. The first kappa shape index (κ1) is 11.9. The molecule has 0 amide bonds. The van der Waals surface area contributed by atoms with E-state index in [2.05, 4.69) is 46.0 Å². The van der Waals surface area contributed by atoms with Crippen LogP contribution in [0.2, 0.25) is 0 Å². The molecule has 0 saturated carbocycles. The maximum atomic E-state index is 5.83. The summed E-state index contributed by atoms with van der Waals surface area (Å²) in [5, 5.41) is 0. The molecule has 0 aromatic heterocycles. The number of anilines is 1. The fourth-order valence-electron chi connectivity index (χ4n) is 2.43. The monoisotopic (exact) mass is 282 g/mol. The number of nitrogens with two attached hydrogens (primary N) is 1. The molecule has 0 aliphatic carbocycles. The van der Waals surface area contributed by atoms with Gasteiger partial charge in [0.2, 0.25) is 0 Å². The average Bonchev–Trinajstić information content (AvgIpc) is 2.77. The largest absolute Gasteiger partial charge is 0.371 e. The van der Waals surface area contributed by atoms with Gasteiger partial charge in [0.05, 0.1) is 0 Å². The quantitative estimate of drug-likeness (QED) is 0.923. The Morgan fingerprint density at radius 3 is 2.94 bits per heavy atom. The van der Waals surface area contributed by atoms with Crippen molar-refractivity contribution in [1.82, 2.24) is 0 Å². The highest BCUT2D eigenvalue weighted by Gasteiger charge is 2.22. The van der Waals surface area contributed by atoms with Gasteiger partial charge >= 0.3 is 0 Å². The van der Waals surface area contributed by atoms with E-state index in [9.17, 15) is 0 Å². The molecule has 1 heterocycles. The van der Waals surface area contributed by atoms with E-state index in [1.54, 1.807) is 0 Å². The molecular formula is C13H19BrN2. The third-order valence-electron chi connectivity index (χ3n) is 3.50. The first-order valence-electron chi connectivity index (χ1n) is 5.98. The van der Waals surface area contributed by atoms with E-state index < -0.39 is 0 Å². The molecule has 1 aromatic rings. The molecule has 1 aliphatic heterocycles. The summed E-state index contributed by atoms with van der Waals surface area (Å²) in [5.41, 5.74) is 8.38. The van der Waals surface area contributed by atoms with Gasteiger partial charge in [-0.25, -0.2) is 0 Å². The number of nitrogens with zero attached hydrogens (tertiary/aromatic N) is 1. The molecule has 0 spiro atoms. The Labute approximate surface area is 106 Å². The van der Waals surface area contributed by atoms with Crippen molar-refractivity contribution in [2.24, 2.45) is 11.7 Å². The second kappa shape index (κ2) is 5.19. The summed E-state index contributed by atoms with van der Waals surface area (Å²) in [7, 11) is 0. The van der Waals surface area contributed by atoms with Gasteiger partial charge in [0.15, 0.2) is 0 Å². The second-order valence-electron chi connectivity index (χ2n) is 4.45. The zero-order valence-corrected chi connectivity index (χ0v) is 11.3. The van der Waals surface area contributed by atoms with Crippen LogP contribution in [0.15, 0.2) is 22.7 Å². The molecule has 1 saturated heterocycles. The highest BCUT2D eigenvalue weighted by Crippen LogP contribution is 2.31. The summed E-state index contributed by atoms with van der Waals surface area (Å²) in [6, 6.07) is 6.35. The number of hydrogen-bond acceptors (Lipinski definition) is 2.